The van der Waals surface area contributed by atoms with E-state index in [1.54, 1.807) is 12.1 Å². The predicted octanol–water partition coefficient (Wildman–Crippen LogP) is 1.60. The second-order valence-electron chi connectivity index (χ2n) is 5.21. The molecule has 1 aliphatic rings. The molecule has 1 aromatic carbocycles. The molecular weight excluding hydrogens is 261 g/mol. The molecule has 1 fully saturated rings. The number of rotatable bonds is 3. The third-order valence-electron chi connectivity index (χ3n) is 3.78. The van der Waals surface area contributed by atoms with Crippen molar-refractivity contribution in [2.75, 3.05) is 26.7 Å². The van der Waals surface area contributed by atoms with Gasteiger partial charge in [-0.1, -0.05) is 24.4 Å². The first-order valence-electron chi connectivity index (χ1n) is 6.49. The van der Waals surface area contributed by atoms with Crippen LogP contribution >= 0.6 is 12.2 Å². The Balaban J connectivity index is 2.11. The molecule has 5 heteroatoms. The fourth-order valence-corrected chi connectivity index (χ4v) is 2.56. The third-order valence-corrected chi connectivity index (χ3v) is 4.00. The molecule has 0 aliphatic carbocycles. The standard InChI is InChI=1S/C14H20FN3S/c1-10-8-18(7-6-17(10)2)9-11-4-3-5-12(13(11)15)14(16)19/h3-5,10H,6-9H2,1-2H3,(H2,16,19). The monoisotopic (exact) mass is 281 g/mol. The topological polar surface area (TPSA) is 32.5 Å². The van der Waals surface area contributed by atoms with Crippen LogP contribution in [0, 0.1) is 5.82 Å². The minimum absolute atomic E-state index is 0.117. The first-order chi connectivity index (χ1) is 8.99. The Morgan fingerprint density at radius 1 is 1.47 bits per heavy atom. The summed E-state index contributed by atoms with van der Waals surface area (Å²) in [5, 5.41) is 0. The van der Waals surface area contributed by atoms with Crippen molar-refractivity contribution >= 4 is 17.2 Å². The van der Waals surface area contributed by atoms with Crippen LogP contribution in [0.4, 0.5) is 4.39 Å². The lowest BCUT2D eigenvalue weighted by Gasteiger charge is -2.37. The van der Waals surface area contributed by atoms with E-state index in [1.165, 1.54) is 0 Å². The van der Waals surface area contributed by atoms with Crippen LogP contribution < -0.4 is 5.73 Å². The molecule has 3 nitrogen and oxygen atoms in total. The van der Waals surface area contributed by atoms with Crippen molar-refractivity contribution in [3.8, 4) is 0 Å². The van der Waals surface area contributed by atoms with Gasteiger partial charge in [-0.25, -0.2) is 4.39 Å². The predicted molar refractivity (Wildman–Crippen MR) is 79.7 cm³/mol. The van der Waals surface area contributed by atoms with E-state index in [1.807, 2.05) is 6.07 Å². The van der Waals surface area contributed by atoms with Gasteiger partial charge in [0, 0.05) is 43.3 Å². The number of hydrogen-bond acceptors (Lipinski definition) is 3. The molecule has 0 saturated carbocycles. The van der Waals surface area contributed by atoms with Gasteiger partial charge in [-0.3, -0.25) is 4.90 Å². The molecule has 2 rings (SSSR count). The Hall–Kier alpha value is -1.04. The van der Waals surface area contributed by atoms with Gasteiger partial charge in [0.1, 0.15) is 10.8 Å². The van der Waals surface area contributed by atoms with Gasteiger partial charge in [0.25, 0.3) is 0 Å². The van der Waals surface area contributed by atoms with Crippen molar-refractivity contribution in [3.05, 3.63) is 35.1 Å². The third kappa shape index (κ3) is 3.29. The Kier molecular flexibility index (Phi) is 4.50. The molecule has 0 amide bonds. The van der Waals surface area contributed by atoms with Gasteiger partial charge in [-0.2, -0.15) is 0 Å². The van der Waals surface area contributed by atoms with Crippen LogP contribution in [0.25, 0.3) is 0 Å². The Labute approximate surface area is 119 Å². The van der Waals surface area contributed by atoms with E-state index >= 15 is 0 Å². The maximum Gasteiger partial charge on any atom is 0.137 e. The molecule has 2 N–H and O–H groups in total. The van der Waals surface area contributed by atoms with Crippen molar-refractivity contribution in [1.29, 1.82) is 0 Å². The zero-order valence-corrected chi connectivity index (χ0v) is 12.2. The maximum absolute atomic E-state index is 14.2. The molecule has 1 aromatic rings. The summed E-state index contributed by atoms with van der Waals surface area (Å²) in [6.07, 6.45) is 0. The highest BCUT2D eigenvalue weighted by atomic mass is 32.1. The van der Waals surface area contributed by atoms with Crippen molar-refractivity contribution in [2.45, 2.75) is 19.5 Å². The van der Waals surface area contributed by atoms with Gasteiger partial charge in [0.15, 0.2) is 0 Å². The van der Waals surface area contributed by atoms with E-state index in [2.05, 4.69) is 23.8 Å². The zero-order chi connectivity index (χ0) is 14.0. The molecule has 1 saturated heterocycles. The first-order valence-corrected chi connectivity index (χ1v) is 6.89. The van der Waals surface area contributed by atoms with E-state index in [9.17, 15) is 4.39 Å². The summed E-state index contributed by atoms with van der Waals surface area (Å²) in [5.41, 5.74) is 6.54. The fourth-order valence-electron chi connectivity index (χ4n) is 2.40. The highest BCUT2D eigenvalue weighted by Gasteiger charge is 2.21. The van der Waals surface area contributed by atoms with E-state index in [4.69, 9.17) is 18.0 Å². The molecule has 1 heterocycles. The molecule has 0 bridgehead atoms. The summed E-state index contributed by atoms with van der Waals surface area (Å²) in [7, 11) is 2.12. The van der Waals surface area contributed by atoms with E-state index < -0.39 is 0 Å². The molecule has 19 heavy (non-hydrogen) atoms. The molecule has 1 atom stereocenters. The summed E-state index contributed by atoms with van der Waals surface area (Å²) >= 11 is 4.87. The van der Waals surface area contributed by atoms with Crippen LogP contribution in [0.3, 0.4) is 0 Å². The second kappa shape index (κ2) is 5.94. The normalized spacial score (nSPS) is 21.5. The summed E-state index contributed by atoms with van der Waals surface area (Å²) in [4.78, 5) is 4.70. The van der Waals surface area contributed by atoms with Crippen molar-refractivity contribution in [1.82, 2.24) is 9.80 Å². The average molecular weight is 281 g/mol. The largest absolute Gasteiger partial charge is 0.389 e. The lowest BCUT2D eigenvalue weighted by molar-refractivity contribution is 0.0991. The quantitative estimate of drug-likeness (QED) is 0.853. The molecule has 0 radical (unpaired) electrons. The van der Waals surface area contributed by atoms with Crippen molar-refractivity contribution in [2.24, 2.45) is 5.73 Å². The number of nitrogens with zero attached hydrogens (tertiary/aromatic N) is 2. The zero-order valence-electron chi connectivity index (χ0n) is 11.4. The van der Waals surface area contributed by atoms with Crippen LogP contribution in [0.15, 0.2) is 18.2 Å². The van der Waals surface area contributed by atoms with Crippen molar-refractivity contribution < 1.29 is 4.39 Å². The lowest BCUT2D eigenvalue weighted by Crippen LogP contribution is -2.49. The first kappa shape index (κ1) is 14.4. The SMILES string of the molecule is CC1CN(Cc2cccc(C(N)=S)c2F)CCN1C. The van der Waals surface area contributed by atoms with E-state index in [0.717, 1.165) is 19.6 Å². The number of benzene rings is 1. The Bertz CT molecular complexity index is 478. The summed E-state index contributed by atoms with van der Waals surface area (Å²) in [6.45, 7) is 5.72. The van der Waals surface area contributed by atoms with Gasteiger partial charge in [0.05, 0.1) is 0 Å². The number of hydrogen-bond donors (Lipinski definition) is 1. The van der Waals surface area contributed by atoms with Crippen LogP contribution in [0.2, 0.25) is 0 Å². The second-order valence-corrected chi connectivity index (χ2v) is 5.65. The van der Waals surface area contributed by atoms with Crippen molar-refractivity contribution in [3.63, 3.8) is 0 Å². The smallest absolute Gasteiger partial charge is 0.137 e. The van der Waals surface area contributed by atoms with E-state index in [0.29, 0.717) is 23.7 Å². The molecule has 1 unspecified atom stereocenters. The summed E-state index contributed by atoms with van der Waals surface area (Å²) < 4.78 is 14.2. The summed E-state index contributed by atoms with van der Waals surface area (Å²) in [6, 6.07) is 5.75. The minimum Gasteiger partial charge on any atom is -0.389 e. The molecule has 104 valence electrons. The molecular formula is C14H20FN3S. The fraction of sp³-hybridized carbons (Fsp3) is 0.500. The van der Waals surface area contributed by atoms with Crippen LogP contribution in [-0.4, -0.2) is 47.5 Å². The van der Waals surface area contributed by atoms with E-state index in [-0.39, 0.29) is 10.8 Å². The van der Waals surface area contributed by atoms with Gasteiger partial charge in [0.2, 0.25) is 0 Å². The Morgan fingerprint density at radius 2 is 2.21 bits per heavy atom. The lowest BCUT2D eigenvalue weighted by atomic mass is 10.1. The number of halogens is 1. The number of piperazine rings is 1. The summed E-state index contributed by atoms with van der Waals surface area (Å²) in [5.74, 6) is -0.276. The molecule has 0 spiro atoms. The number of nitrogens with two attached hydrogens (primary N) is 1. The highest BCUT2D eigenvalue weighted by molar-refractivity contribution is 7.80. The van der Waals surface area contributed by atoms with Crippen LogP contribution in [0.5, 0.6) is 0 Å². The van der Waals surface area contributed by atoms with Crippen LogP contribution in [-0.2, 0) is 6.54 Å². The highest BCUT2D eigenvalue weighted by Crippen LogP contribution is 2.17. The number of thiocarbonyl (C=S) groups is 1. The van der Waals surface area contributed by atoms with Gasteiger partial charge >= 0.3 is 0 Å². The molecule has 0 aromatic heterocycles. The van der Waals surface area contributed by atoms with Crippen LogP contribution in [0.1, 0.15) is 18.1 Å². The van der Waals surface area contributed by atoms with Gasteiger partial charge in [-0.05, 0) is 20.0 Å². The van der Waals surface area contributed by atoms with Gasteiger partial charge in [-0.15, -0.1) is 0 Å². The maximum atomic E-state index is 14.2. The Morgan fingerprint density at radius 3 is 2.84 bits per heavy atom. The number of likely N-dealkylation sites (N-methyl/N-ethyl adjacent to an activating group) is 1. The molecule has 1 aliphatic heterocycles. The average Bonchev–Trinajstić information content (AvgIpc) is 2.36. The minimum atomic E-state index is -0.276. The van der Waals surface area contributed by atoms with Gasteiger partial charge < -0.3 is 10.6 Å².